The van der Waals surface area contributed by atoms with E-state index in [0.717, 1.165) is 0 Å². The Hall–Kier alpha value is -2.18. The van der Waals surface area contributed by atoms with Crippen LogP contribution in [0.25, 0.3) is 5.78 Å². The normalized spacial score (nSPS) is 10.7. The third-order valence-electron chi connectivity index (χ3n) is 2.19. The van der Waals surface area contributed by atoms with Crippen molar-refractivity contribution in [3.8, 4) is 0 Å². The van der Waals surface area contributed by atoms with Gasteiger partial charge in [0, 0.05) is 20.0 Å². The minimum Gasteiger partial charge on any atom is -0.464 e. The summed E-state index contributed by atoms with van der Waals surface area (Å²) >= 11 is 0. The van der Waals surface area contributed by atoms with Gasteiger partial charge in [0.1, 0.15) is 5.69 Å². The highest BCUT2D eigenvalue weighted by Gasteiger charge is 2.19. The van der Waals surface area contributed by atoms with Gasteiger partial charge in [0.2, 0.25) is 0 Å². The highest BCUT2D eigenvalue weighted by molar-refractivity contribution is 5.96. The van der Waals surface area contributed by atoms with Crippen molar-refractivity contribution in [1.29, 1.82) is 0 Å². The molecule has 0 bridgehead atoms. The second kappa shape index (κ2) is 3.44. The van der Waals surface area contributed by atoms with Gasteiger partial charge < -0.3 is 4.74 Å². The Labute approximate surface area is 90.6 Å². The predicted octanol–water partition coefficient (Wildman–Crippen LogP) is 0.0570. The predicted molar refractivity (Wildman–Crippen MR) is 53.3 cm³/mol. The van der Waals surface area contributed by atoms with E-state index in [4.69, 9.17) is 0 Å². The summed E-state index contributed by atoms with van der Waals surface area (Å²) < 4.78 is 6.09. The largest absolute Gasteiger partial charge is 0.464 e. The SMILES string of the molecule is COC(=O)c1cc(C(C)=O)nc2nn(C)n12. The maximum absolute atomic E-state index is 11.5. The number of esters is 1. The van der Waals surface area contributed by atoms with E-state index in [-0.39, 0.29) is 17.2 Å². The van der Waals surface area contributed by atoms with Crippen molar-refractivity contribution in [3.63, 3.8) is 0 Å². The average molecular weight is 222 g/mol. The standard InChI is InChI=1S/C9H10N4O3/c1-5(14)6-4-7(8(15)16-3)13-9(10-6)11-12(13)2/h4H,1-3H3. The van der Waals surface area contributed by atoms with Crippen molar-refractivity contribution in [2.24, 2.45) is 7.05 Å². The van der Waals surface area contributed by atoms with Crippen molar-refractivity contribution >= 4 is 17.5 Å². The van der Waals surface area contributed by atoms with Crippen LogP contribution < -0.4 is 0 Å². The molecular weight excluding hydrogens is 212 g/mol. The lowest BCUT2D eigenvalue weighted by Crippen LogP contribution is -2.26. The summed E-state index contributed by atoms with van der Waals surface area (Å²) in [6.45, 7) is 1.38. The molecule has 0 aliphatic heterocycles. The van der Waals surface area contributed by atoms with E-state index in [2.05, 4.69) is 14.8 Å². The van der Waals surface area contributed by atoms with E-state index in [0.29, 0.717) is 5.78 Å². The second-order valence-corrected chi connectivity index (χ2v) is 3.28. The first-order valence-corrected chi connectivity index (χ1v) is 4.56. The van der Waals surface area contributed by atoms with Crippen LogP contribution in [0.3, 0.4) is 0 Å². The van der Waals surface area contributed by atoms with Crippen LogP contribution in [0.15, 0.2) is 6.07 Å². The van der Waals surface area contributed by atoms with E-state index in [9.17, 15) is 9.59 Å². The zero-order valence-corrected chi connectivity index (χ0v) is 9.09. The summed E-state index contributed by atoms with van der Waals surface area (Å²) in [5.41, 5.74) is 0.429. The Kier molecular flexibility index (Phi) is 2.22. The molecule has 7 nitrogen and oxygen atoms in total. The van der Waals surface area contributed by atoms with Crippen LogP contribution in [0.1, 0.15) is 27.9 Å². The van der Waals surface area contributed by atoms with Gasteiger partial charge in [-0.2, -0.15) is 9.31 Å². The molecule has 2 heterocycles. The number of aromatic nitrogens is 4. The molecule has 0 aromatic carbocycles. The zero-order chi connectivity index (χ0) is 11.9. The number of hydrogen-bond acceptors (Lipinski definition) is 5. The molecule has 0 atom stereocenters. The van der Waals surface area contributed by atoms with E-state index in [1.807, 2.05) is 0 Å². The Morgan fingerprint density at radius 2 is 2.12 bits per heavy atom. The topological polar surface area (TPSA) is 78.5 Å². The summed E-state index contributed by atoms with van der Waals surface area (Å²) in [6, 6.07) is 1.39. The number of nitrogens with zero attached hydrogens (tertiary/aromatic N) is 4. The van der Waals surface area contributed by atoms with Crippen molar-refractivity contribution in [2.45, 2.75) is 6.92 Å². The number of hydrogen-bond donors (Lipinski definition) is 0. The number of fused-ring (bicyclic) bond motifs is 1. The highest BCUT2D eigenvalue weighted by atomic mass is 16.5. The number of methoxy groups -OCH3 is 1. The molecule has 2 rings (SSSR count). The molecule has 0 spiro atoms. The number of ketones is 1. The molecule has 0 amide bonds. The first kappa shape index (κ1) is 10.3. The van der Waals surface area contributed by atoms with Crippen molar-refractivity contribution in [2.75, 3.05) is 7.11 Å². The maximum atomic E-state index is 11.5. The molecular formula is C9H10N4O3. The molecule has 7 heteroatoms. The van der Waals surface area contributed by atoms with E-state index in [1.165, 1.54) is 29.4 Å². The van der Waals surface area contributed by atoms with Crippen LogP contribution >= 0.6 is 0 Å². The van der Waals surface area contributed by atoms with Gasteiger partial charge in [0.05, 0.1) is 7.11 Å². The van der Waals surface area contributed by atoms with Gasteiger partial charge >= 0.3 is 5.97 Å². The number of ether oxygens (including phenoxy) is 1. The van der Waals surface area contributed by atoms with E-state index >= 15 is 0 Å². The van der Waals surface area contributed by atoms with Crippen molar-refractivity contribution in [1.82, 2.24) is 19.4 Å². The van der Waals surface area contributed by atoms with Crippen molar-refractivity contribution in [3.05, 3.63) is 17.5 Å². The lowest BCUT2D eigenvalue weighted by atomic mass is 10.2. The van der Waals surface area contributed by atoms with E-state index < -0.39 is 5.97 Å². The molecule has 0 unspecified atom stereocenters. The number of aryl methyl sites for hydroxylation is 1. The molecule has 0 aliphatic carbocycles. The molecule has 0 radical (unpaired) electrons. The molecule has 0 fully saturated rings. The number of carbonyl (C=O) groups is 2. The van der Waals surface area contributed by atoms with Crippen molar-refractivity contribution < 1.29 is 14.3 Å². The van der Waals surface area contributed by atoms with Gasteiger partial charge in [0.25, 0.3) is 5.78 Å². The Morgan fingerprint density at radius 3 is 2.62 bits per heavy atom. The molecule has 0 saturated carbocycles. The molecule has 0 aliphatic rings. The fourth-order valence-corrected chi connectivity index (χ4v) is 1.40. The summed E-state index contributed by atoms with van der Waals surface area (Å²) in [6.07, 6.45) is 0. The molecule has 16 heavy (non-hydrogen) atoms. The lowest BCUT2D eigenvalue weighted by molar-refractivity contribution is 0.0586. The summed E-state index contributed by atoms with van der Waals surface area (Å²) in [5, 5.41) is 3.93. The van der Waals surface area contributed by atoms with Gasteiger partial charge in [-0.15, -0.1) is 5.10 Å². The zero-order valence-electron chi connectivity index (χ0n) is 9.09. The van der Waals surface area contributed by atoms with Crippen LogP contribution in [0.4, 0.5) is 0 Å². The third-order valence-corrected chi connectivity index (χ3v) is 2.19. The molecule has 84 valence electrons. The summed E-state index contributed by atoms with van der Waals surface area (Å²) in [5.74, 6) is -0.443. The lowest BCUT2D eigenvalue weighted by Gasteiger charge is -2.15. The quantitative estimate of drug-likeness (QED) is 0.530. The smallest absolute Gasteiger partial charge is 0.356 e. The average Bonchev–Trinajstić information content (AvgIpc) is 2.24. The Morgan fingerprint density at radius 1 is 1.44 bits per heavy atom. The second-order valence-electron chi connectivity index (χ2n) is 3.28. The Bertz CT molecular complexity index is 581. The van der Waals surface area contributed by atoms with Crippen LogP contribution in [0.2, 0.25) is 0 Å². The van der Waals surface area contributed by atoms with Gasteiger partial charge in [-0.25, -0.2) is 9.78 Å². The van der Waals surface area contributed by atoms with Crippen LogP contribution in [0.5, 0.6) is 0 Å². The van der Waals surface area contributed by atoms with Crippen LogP contribution in [0, 0.1) is 0 Å². The minimum absolute atomic E-state index is 0.198. The minimum atomic E-state index is -0.534. The molecule has 0 saturated heterocycles. The van der Waals surface area contributed by atoms with Crippen LogP contribution in [-0.4, -0.2) is 38.3 Å². The highest BCUT2D eigenvalue weighted by Crippen LogP contribution is 2.09. The maximum Gasteiger partial charge on any atom is 0.356 e. The van der Waals surface area contributed by atoms with Gasteiger partial charge in [-0.1, -0.05) is 0 Å². The molecule has 2 aromatic rings. The summed E-state index contributed by atoms with van der Waals surface area (Å²) in [4.78, 5) is 28.1. The van der Waals surface area contributed by atoms with E-state index in [1.54, 1.807) is 7.05 Å². The summed E-state index contributed by atoms with van der Waals surface area (Å²) in [7, 11) is 2.94. The molecule has 2 aromatic heterocycles. The van der Waals surface area contributed by atoms with Gasteiger partial charge in [-0.05, 0) is 0 Å². The first-order chi connectivity index (χ1) is 7.54. The fourth-order valence-electron chi connectivity index (χ4n) is 1.40. The molecule has 0 N–H and O–H groups in total. The fraction of sp³-hybridized carbons (Fsp3) is 0.333. The van der Waals surface area contributed by atoms with Gasteiger partial charge in [0.15, 0.2) is 11.5 Å². The number of rotatable bonds is 2. The number of carbonyl (C=O) groups excluding carboxylic acids is 2. The van der Waals surface area contributed by atoms with Crippen LogP contribution in [-0.2, 0) is 11.8 Å². The third kappa shape index (κ3) is 1.37. The first-order valence-electron chi connectivity index (χ1n) is 4.56. The Balaban J connectivity index is 2.68. The van der Waals surface area contributed by atoms with Gasteiger partial charge in [-0.3, -0.25) is 4.79 Å². The number of Topliss-reactive ketones (excluding diaryl/α,β-unsaturated/α-hetero) is 1. The monoisotopic (exact) mass is 222 g/mol.